The van der Waals surface area contributed by atoms with E-state index in [4.69, 9.17) is 9.47 Å². The van der Waals surface area contributed by atoms with E-state index in [-0.39, 0.29) is 11.8 Å². The maximum absolute atomic E-state index is 12.7. The number of aryl methyl sites for hydroxylation is 1. The molecule has 1 heterocycles. The van der Waals surface area contributed by atoms with E-state index in [1.54, 1.807) is 20.3 Å². The van der Waals surface area contributed by atoms with Crippen molar-refractivity contribution in [2.45, 2.75) is 19.3 Å². The van der Waals surface area contributed by atoms with Crippen molar-refractivity contribution in [3.8, 4) is 11.5 Å². The molecule has 7 nitrogen and oxygen atoms in total. The number of amides is 2. The number of carbonyl (C=O) groups is 2. The van der Waals surface area contributed by atoms with Crippen LogP contribution in [0, 0.1) is 0 Å². The molecule has 0 radical (unpaired) electrons. The molecule has 0 aliphatic carbocycles. The quantitative estimate of drug-likeness (QED) is 0.704. The van der Waals surface area contributed by atoms with Gasteiger partial charge in [0.1, 0.15) is 11.5 Å². The van der Waals surface area contributed by atoms with E-state index in [0.29, 0.717) is 38.2 Å². The first-order valence-electron chi connectivity index (χ1n) is 10.6. The first-order chi connectivity index (χ1) is 15.1. The molecule has 1 saturated heterocycles. The lowest BCUT2D eigenvalue weighted by Gasteiger charge is -2.22. The summed E-state index contributed by atoms with van der Waals surface area (Å²) in [5.74, 6) is 1.63. The number of carbonyl (C=O) groups excluding carboxylic acids is 2. The highest BCUT2D eigenvalue weighted by molar-refractivity contribution is 5.92. The van der Waals surface area contributed by atoms with Gasteiger partial charge in [0.15, 0.2) is 0 Å². The van der Waals surface area contributed by atoms with Crippen LogP contribution in [0.25, 0.3) is 0 Å². The van der Waals surface area contributed by atoms with Gasteiger partial charge < -0.3 is 19.7 Å². The van der Waals surface area contributed by atoms with Crippen LogP contribution in [0.2, 0.25) is 0 Å². The molecule has 0 atom stereocenters. The van der Waals surface area contributed by atoms with Crippen molar-refractivity contribution in [3.63, 3.8) is 0 Å². The number of anilines is 1. The molecular formula is C24H31N3O4. The van der Waals surface area contributed by atoms with E-state index in [9.17, 15) is 9.59 Å². The van der Waals surface area contributed by atoms with Crippen molar-refractivity contribution < 1.29 is 19.1 Å². The highest BCUT2D eigenvalue weighted by Gasteiger charge is 2.20. The summed E-state index contributed by atoms with van der Waals surface area (Å²) < 4.78 is 10.4. The molecule has 7 heteroatoms. The molecule has 0 saturated carbocycles. The van der Waals surface area contributed by atoms with Crippen molar-refractivity contribution in [1.82, 2.24) is 9.80 Å². The van der Waals surface area contributed by atoms with Gasteiger partial charge >= 0.3 is 0 Å². The third kappa shape index (κ3) is 7.00. The molecular weight excluding hydrogens is 394 g/mol. The Morgan fingerprint density at radius 1 is 0.935 bits per heavy atom. The minimum atomic E-state index is -0.0625. The average molecular weight is 426 g/mol. The molecule has 166 valence electrons. The molecule has 1 fully saturated rings. The van der Waals surface area contributed by atoms with Crippen LogP contribution in [-0.2, 0) is 16.0 Å². The first-order valence-corrected chi connectivity index (χ1v) is 10.6. The second kappa shape index (κ2) is 11.4. The van der Waals surface area contributed by atoms with Crippen LogP contribution in [0.4, 0.5) is 5.69 Å². The van der Waals surface area contributed by atoms with E-state index in [2.05, 4.69) is 10.2 Å². The molecule has 1 aliphatic rings. The number of benzene rings is 2. The molecule has 2 aromatic carbocycles. The van der Waals surface area contributed by atoms with E-state index < -0.39 is 0 Å². The maximum atomic E-state index is 12.7. The molecule has 2 aromatic rings. The van der Waals surface area contributed by atoms with Gasteiger partial charge in [0.25, 0.3) is 0 Å². The molecule has 0 aromatic heterocycles. The van der Waals surface area contributed by atoms with Crippen molar-refractivity contribution in [2.75, 3.05) is 52.3 Å². The van der Waals surface area contributed by atoms with Crippen molar-refractivity contribution in [2.24, 2.45) is 0 Å². The fourth-order valence-electron chi connectivity index (χ4n) is 3.68. The summed E-state index contributed by atoms with van der Waals surface area (Å²) in [7, 11) is 3.24. The van der Waals surface area contributed by atoms with Crippen LogP contribution in [0.5, 0.6) is 11.5 Å². The number of rotatable bonds is 8. The van der Waals surface area contributed by atoms with Gasteiger partial charge in [-0.05, 0) is 42.7 Å². The highest BCUT2D eigenvalue weighted by Crippen LogP contribution is 2.17. The van der Waals surface area contributed by atoms with E-state index >= 15 is 0 Å². The molecule has 0 unspecified atom stereocenters. The average Bonchev–Trinajstić information content (AvgIpc) is 3.03. The zero-order valence-electron chi connectivity index (χ0n) is 18.3. The van der Waals surface area contributed by atoms with Crippen molar-refractivity contribution in [3.05, 3.63) is 54.1 Å². The summed E-state index contributed by atoms with van der Waals surface area (Å²) >= 11 is 0. The van der Waals surface area contributed by atoms with E-state index in [0.717, 1.165) is 36.5 Å². The van der Waals surface area contributed by atoms with Gasteiger partial charge in [-0.3, -0.25) is 14.5 Å². The molecule has 3 rings (SSSR count). The van der Waals surface area contributed by atoms with Crippen LogP contribution >= 0.6 is 0 Å². The summed E-state index contributed by atoms with van der Waals surface area (Å²) in [5, 5.41) is 2.91. The molecule has 1 aliphatic heterocycles. The van der Waals surface area contributed by atoms with Gasteiger partial charge in [-0.2, -0.15) is 0 Å². The van der Waals surface area contributed by atoms with Crippen molar-refractivity contribution >= 4 is 17.5 Å². The van der Waals surface area contributed by atoms with Crippen LogP contribution in [0.1, 0.15) is 18.4 Å². The number of hydrogen-bond donors (Lipinski definition) is 1. The fraction of sp³-hybridized carbons (Fsp3) is 0.417. The minimum absolute atomic E-state index is 0.0625. The van der Waals surface area contributed by atoms with E-state index in [1.807, 2.05) is 47.4 Å². The predicted molar refractivity (Wildman–Crippen MR) is 121 cm³/mol. The number of methoxy groups -OCH3 is 2. The Morgan fingerprint density at radius 3 is 2.45 bits per heavy atom. The van der Waals surface area contributed by atoms with Crippen LogP contribution in [0.3, 0.4) is 0 Å². The lowest BCUT2D eigenvalue weighted by molar-refractivity contribution is -0.131. The molecule has 0 bridgehead atoms. The molecule has 31 heavy (non-hydrogen) atoms. The van der Waals surface area contributed by atoms with Crippen LogP contribution in [-0.4, -0.2) is 68.6 Å². The third-order valence-electron chi connectivity index (χ3n) is 5.45. The summed E-state index contributed by atoms with van der Waals surface area (Å²) in [4.78, 5) is 29.1. The lowest BCUT2D eigenvalue weighted by atomic mass is 10.1. The highest BCUT2D eigenvalue weighted by atomic mass is 16.5. The van der Waals surface area contributed by atoms with Gasteiger partial charge in [-0.25, -0.2) is 0 Å². The summed E-state index contributed by atoms with van der Waals surface area (Å²) in [6, 6.07) is 15.1. The number of ether oxygens (including phenoxy) is 2. The normalized spacial score (nSPS) is 14.6. The molecule has 2 amide bonds. The number of nitrogens with zero attached hydrogens (tertiary/aromatic N) is 2. The third-order valence-corrected chi connectivity index (χ3v) is 5.45. The van der Waals surface area contributed by atoms with Crippen LogP contribution < -0.4 is 14.8 Å². The van der Waals surface area contributed by atoms with Crippen molar-refractivity contribution in [1.29, 1.82) is 0 Å². The minimum Gasteiger partial charge on any atom is -0.497 e. The van der Waals surface area contributed by atoms with Gasteiger partial charge in [0.05, 0.1) is 20.8 Å². The standard InChI is InChI=1S/C24H31N3O4/c1-30-21-10-7-19(8-11-21)9-12-24(29)27-14-4-13-26(15-16-27)18-23(28)25-20-5-3-6-22(17-20)31-2/h3,5-8,10-11,17H,4,9,12-16,18H2,1-2H3,(H,25,28). The van der Waals surface area contributed by atoms with Crippen LogP contribution in [0.15, 0.2) is 48.5 Å². The number of nitrogens with one attached hydrogen (secondary N) is 1. The lowest BCUT2D eigenvalue weighted by Crippen LogP contribution is -2.38. The van der Waals surface area contributed by atoms with Gasteiger partial charge in [-0.15, -0.1) is 0 Å². The molecule has 0 spiro atoms. The largest absolute Gasteiger partial charge is 0.497 e. The topological polar surface area (TPSA) is 71.1 Å². The second-order valence-electron chi connectivity index (χ2n) is 7.64. The maximum Gasteiger partial charge on any atom is 0.238 e. The smallest absolute Gasteiger partial charge is 0.238 e. The number of hydrogen-bond acceptors (Lipinski definition) is 5. The Balaban J connectivity index is 1.43. The molecule has 1 N–H and O–H groups in total. The van der Waals surface area contributed by atoms with Gasteiger partial charge in [-0.1, -0.05) is 18.2 Å². The zero-order chi connectivity index (χ0) is 22.1. The van der Waals surface area contributed by atoms with Gasteiger partial charge in [0, 0.05) is 44.4 Å². The summed E-state index contributed by atoms with van der Waals surface area (Å²) in [5.41, 5.74) is 1.84. The summed E-state index contributed by atoms with van der Waals surface area (Å²) in [6.07, 6.45) is 2.06. The zero-order valence-corrected chi connectivity index (χ0v) is 18.3. The predicted octanol–water partition coefficient (Wildman–Crippen LogP) is 2.81. The SMILES string of the molecule is COc1ccc(CCC(=O)N2CCCN(CC(=O)Nc3cccc(OC)c3)CC2)cc1. The Kier molecular flexibility index (Phi) is 8.29. The first kappa shape index (κ1) is 22.6. The Labute approximate surface area is 183 Å². The fourth-order valence-corrected chi connectivity index (χ4v) is 3.68. The second-order valence-corrected chi connectivity index (χ2v) is 7.64. The Bertz CT molecular complexity index is 869. The Morgan fingerprint density at radius 2 is 1.71 bits per heavy atom. The van der Waals surface area contributed by atoms with Gasteiger partial charge in [0.2, 0.25) is 11.8 Å². The Hall–Kier alpha value is -3.06. The van der Waals surface area contributed by atoms with E-state index in [1.165, 1.54) is 0 Å². The summed E-state index contributed by atoms with van der Waals surface area (Å²) in [6.45, 7) is 3.18. The monoisotopic (exact) mass is 425 g/mol.